The summed E-state index contributed by atoms with van der Waals surface area (Å²) in [5.41, 5.74) is 6.69. The second kappa shape index (κ2) is 8.99. The number of para-hydroxylation sites is 1. The van der Waals surface area contributed by atoms with E-state index in [0.29, 0.717) is 50.1 Å². The molecule has 0 spiro atoms. The summed E-state index contributed by atoms with van der Waals surface area (Å²) in [4.78, 5) is 14.9. The molecule has 0 bridgehead atoms. The third-order valence-electron chi connectivity index (χ3n) is 5.72. The number of furan rings is 1. The van der Waals surface area contributed by atoms with E-state index in [1.54, 1.807) is 49.1 Å². The minimum atomic E-state index is -3.82. The molecular formula is C21H28N4O5S. The maximum Gasteiger partial charge on any atom is 0.267 e. The van der Waals surface area contributed by atoms with Crippen molar-refractivity contribution in [1.82, 2.24) is 15.8 Å². The third-order valence-corrected chi connectivity index (χ3v) is 7.73. The van der Waals surface area contributed by atoms with Gasteiger partial charge in [0.2, 0.25) is 5.91 Å². The predicted octanol–water partition coefficient (Wildman–Crippen LogP) is 1.43. The molecule has 1 aromatic carbocycles. The zero-order valence-electron chi connectivity index (χ0n) is 17.7. The number of hydrogen-bond donors (Lipinski definition) is 2. The maximum atomic E-state index is 13.4. The Kier molecular flexibility index (Phi) is 6.33. The first kappa shape index (κ1) is 21.8. The van der Waals surface area contributed by atoms with Crippen molar-refractivity contribution in [2.24, 2.45) is 5.92 Å². The van der Waals surface area contributed by atoms with Crippen molar-refractivity contribution >= 4 is 21.6 Å². The molecular weight excluding hydrogens is 420 g/mol. The normalized spacial score (nSPS) is 21.9. The lowest BCUT2D eigenvalue weighted by atomic mass is 9.98. The van der Waals surface area contributed by atoms with Crippen LogP contribution >= 0.6 is 0 Å². The number of carbonyl (C=O) groups is 1. The topological polar surface area (TPSA) is 104 Å². The lowest BCUT2D eigenvalue weighted by Gasteiger charge is -2.30. The Morgan fingerprint density at radius 1 is 1.23 bits per heavy atom. The molecule has 2 unspecified atom stereocenters. The Morgan fingerprint density at radius 2 is 1.94 bits per heavy atom. The van der Waals surface area contributed by atoms with Crippen molar-refractivity contribution in [1.29, 1.82) is 0 Å². The number of ether oxygens (including phenoxy) is 1. The van der Waals surface area contributed by atoms with Gasteiger partial charge in [-0.1, -0.05) is 18.2 Å². The van der Waals surface area contributed by atoms with Gasteiger partial charge in [-0.3, -0.25) is 14.5 Å². The van der Waals surface area contributed by atoms with Crippen molar-refractivity contribution in [3.8, 4) is 0 Å². The van der Waals surface area contributed by atoms with Gasteiger partial charge in [-0.05, 0) is 26.0 Å². The number of anilines is 1. The van der Waals surface area contributed by atoms with E-state index >= 15 is 0 Å². The van der Waals surface area contributed by atoms with Crippen LogP contribution in [-0.2, 0) is 19.6 Å². The second-order valence-electron chi connectivity index (χ2n) is 7.62. The Hall–Kier alpha value is -2.40. The highest BCUT2D eigenvalue weighted by Gasteiger charge is 2.40. The van der Waals surface area contributed by atoms with Crippen molar-refractivity contribution in [3.05, 3.63) is 47.9 Å². The molecule has 1 aromatic heterocycles. The summed E-state index contributed by atoms with van der Waals surface area (Å²) in [6.07, 6.45) is 0. The first-order valence-corrected chi connectivity index (χ1v) is 11.9. The van der Waals surface area contributed by atoms with Crippen molar-refractivity contribution in [3.63, 3.8) is 0 Å². The van der Waals surface area contributed by atoms with Crippen molar-refractivity contribution < 1.29 is 22.4 Å². The lowest BCUT2D eigenvalue weighted by Crippen LogP contribution is -2.45. The van der Waals surface area contributed by atoms with Crippen LogP contribution in [0.4, 0.5) is 5.69 Å². The number of rotatable bonds is 6. The van der Waals surface area contributed by atoms with Crippen molar-refractivity contribution in [2.45, 2.75) is 24.8 Å². The average molecular weight is 449 g/mol. The van der Waals surface area contributed by atoms with Gasteiger partial charge in [0, 0.05) is 32.2 Å². The van der Waals surface area contributed by atoms with E-state index in [1.807, 2.05) is 6.07 Å². The molecule has 2 aliphatic rings. The molecule has 1 amide bonds. The largest absolute Gasteiger partial charge is 0.463 e. The first-order chi connectivity index (χ1) is 14.9. The average Bonchev–Trinajstić information content (AvgIpc) is 3.42. The number of morpholine rings is 1. The summed E-state index contributed by atoms with van der Waals surface area (Å²) in [5, 5.41) is 0. The van der Waals surface area contributed by atoms with Gasteiger partial charge in [0.05, 0.1) is 30.9 Å². The van der Waals surface area contributed by atoms with Gasteiger partial charge in [-0.2, -0.15) is 0 Å². The summed E-state index contributed by atoms with van der Waals surface area (Å²) in [7, 11) is -3.82. The molecule has 2 N–H and O–H groups in total. The van der Waals surface area contributed by atoms with Crippen LogP contribution in [-0.4, -0.2) is 58.6 Å². The fourth-order valence-electron chi connectivity index (χ4n) is 4.12. The second-order valence-corrected chi connectivity index (χ2v) is 9.45. The Balaban J connectivity index is 1.61. The van der Waals surface area contributed by atoms with Gasteiger partial charge in [0.1, 0.15) is 16.4 Å². The van der Waals surface area contributed by atoms with E-state index in [2.05, 4.69) is 10.9 Å². The number of nitrogens with one attached hydrogen (secondary N) is 2. The Bertz CT molecular complexity index is 1020. The molecule has 0 aliphatic carbocycles. The van der Waals surface area contributed by atoms with Crippen LogP contribution in [0, 0.1) is 12.8 Å². The van der Waals surface area contributed by atoms with Gasteiger partial charge < -0.3 is 14.1 Å². The Labute approximate surface area is 182 Å². The highest BCUT2D eigenvalue weighted by atomic mass is 32.2. The molecule has 2 saturated heterocycles. The summed E-state index contributed by atoms with van der Waals surface area (Å²) in [5.74, 6) is 0.340. The number of sulfonamides is 1. The molecule has 31 heavy (non-hydrogen) atoms. The monoisotopic (exact) mass is 448 g/mol. The van der Waals surface area contributed by atoms with Gasteiger partial charge in [-0.15, -0.1) is 0 Å². The standard InChI is InChI=1S/C21H28N4O5S/c1-3-25(16-7-5-4-6-8-16)31(27,28)19-13-18(30-15(19)2)20-17(14-22-23-20)21(26)24-9-11-29-12-10-24/h4-8,13,17,20,22-23H,3,9-12,14H2,1-2H3. The smallest absolute Gasteiger partial charge is 0.267 e. The third kappa shape index (κ3) is 4.20. The number of hydrazine groups is 1. The van der Waals surface area contributed by atoms with Crippen LogP contribution in [0.2, 0.25) is 0 Å². The van der Waals surface area contributed by atoms with Crippen LogP contribution in [0.15, 0.2) is 45.7 Å². The molecule has 2 aliphatic heterocycles. The number of carbonyl (C=O) groups excluding carboxylic acids is 1. The predicted molar refractivity (Wildman–Crippen MR) is 115 cm³/mol. The van der Waals surface area contributed by atoms with Crippen LogP contribution in [0.1, 0.15) is 24.5 Å². The van der Waals surface area contributed by atoms with Gasteiger partial charge in [0.15, 0.2) is 0 Å². The number of benzene rings is 1. The molecule has 9 nitrogen and oxygen atoms in total. The molecule has 10 heteroatoms. The summed E-state index contributed by atoms with van der Waals surface area (Å²) in [6.45, 7) is 6.32. The van der Waals surface area contributed by atoms with E-state index in [9.17, 15) is 13.2 Å². The van der Waals surface area contributed by atoms with Crippen LogP contribution in [0.5, 0.6) is 0 Å². The van der Waals surface area contributed by atoms with E-state index < -0.39 is 22.0 Å². The van der Waals surface area contributed by atoms with Gasteiger partial charge in [-0.25, -0.2) is 13.8 Å². The number of amides is 1. The van der Waals surface area contributed by atoms with E-state index in [4.69, 9.17) is 9.15 Å². The molecule has 2 aromatic rings. The zero-order chi connectivity index (χ0) is 22.0. The molecule has 2 fully saturated rings. The van der Waals surface area contributed by atoms with Crippen LogP contribution < -0.4 is 15.2 Å². The number of hydrogen-bond acceptors (Lipinski definition) is 7. The minimum Gasteiger partial charge on any atom is -0.463 e. The van der Waals surface area contributed by atoms with E-state index in [-0.39, 0.29) is 17.3 Å². The van der Waals surface area contributed by atoms with Crippen molar-refractivity contribution in [2.75, 3.05) is 43.7 Å². The SMILES string of the molecule is CCN(c1ccccc1)S(=O)(=O)c1cc(C2NNCC2C(=O)N2CCOCC2)oc1C. The molecule has 3 heterocycles. The highest BCUT2D eigenvalue weighted by Crippen LogP contribution is 2.34. The summed E-state index contributed by atoms with van der Waals surface area (Å²) in [6, 6.07) is 10.1. The van der Waals surface area contributed by atoms with Gasteiger partial charge >= 0.3 is 0 Å². The van der Waals surface area contributed by atoms with Crippen LogP contribution in [0.3, 0.4) is 0 Å². The summed E-state index contributed by atoms with van der Waals surface area (Å²) >= 11 is 0. The lowest BCUT2D eigenvalue weighted by molar-refractivity contribution is -0.139. The molecule has 2 atom stereocenters. The summed E-state index contributed by atoms with van der Waals surface area (Å²) < 4.78 is 39.4. The maximum absolute atomic E-state index is 13.4. The quantitative estimate of drug-likeness (QED) is 0.689. The van der Waals surface area contributed by atoms with Crippen LogP contribution in [0.25, 0.3) is 0 Å². The highest BCUT2D eigenvalue weighted by molar-refractivity contribution is 7.92. The fourth-order valence-corrected chi connectivity index (χ4v) is 5.76. The first-order valence-electron chi connectivity index (χ1n) is 10.5. The molecule has 168 valence electrons. The van der Waals surface area contributed by atoms with E-state index in [1.165, 1.54) is 4.31 Å². The molecule has 0 saturated carbocycles. The number of aryl methyl sites for hydroxylation is 1. The fraction of sp³-hybridized carbons (Fsp3) is 0.476. The van der Waals surface area contributed by atoms with Gasteiger partial charge in [0.25, 0.3) is 10.0 Å². The number of nitrogens with zero attached hydrogens (tertiary/aromatic N) is 2. The Morgan fingerprint density at radius 3 is 2.61 bits per heavy atom. The molecule has 0 radical (unpaired) electrons. The minimum absolute atomic E-state index is 0.00345. The zero-order valence-corrected chi connectivity index (χ0v) is 18.5. The molecule has 4 rings (SSSR count). The van der Waals surface area contributed by atoms with E-state index in [0.717, 1.165) is 0 Å².